The molecule has 1 heterocycles. The van der Waals surface area contributed by atoms with Gasteiger partial charge in [0, 0.05) is 24.7 Å². The Morgan fingerprint density at radius 1 is 1.35 bits per heavy atom. The summed E-state index contributed by atoms with van der Waals surface area (Å²) in [6.07, 6.45) is 1.99. The number of rotatable bonds is 3. The molecule has 0 aromatic heterocycles. The van der Waals surface area contributed by atoms with Gasteiger partial charge in [0.1, 0.15) is 0 Å². The molecule has 2 aliphatic rings. The highest BCUT2D eigenvalue weighted by molar-refractivity contribution is 5.94. The molecule has 2 rings (SSSR count). The van der Waals surface area contributed by atoms with Crippen molar-refractivity contribution in [2.75, 3.05) is 13.1 Å². The molecule has 0 aromatic carbocycles. The number of hydrogen-bond donors (Lipinski definition) is 3. The third-order valence-electron chi connectivity index (χ3n) is 3.66. The Morgan fingerprint density at radius 2 is 2.06 bits per heavy atom. The number of aliphatic carboxylic acids is 1. The standard InChI is InChI=1S/C12H18N2O3/c1-7(9-5-13-6-9)11(15)14-10-3-2-8(4-10)12(16)17/h8,10,13H,2-6H2,1H3,(H,14,15)(H,16,17)/t8-,10+/m1/s1. The zero-order chi connectivity index (χ0) is 12.4. The van der Waals surface area contributed by atoms with Crippen LogP contribution in [-0.4, -0.2) is 36.1 Å². The van der Waals surface area contributed by atoms with Crippen LogP contribution in [-0.2, 0) is 9.59 Å². The number of nitrogens with one attached hydrogen (secondary N) is 2. The van der Waals surface area contributed by atoms with E-state index in [0.717, 1.165) is 30.7 Å². The highest BCUT2D eigenvalue weighted by Gasteiger charge is 2.31. The second-order valence-corrected chi connectivity index (χ2v) is 4.85. The lowest BCUT2D eigenvalue weighted by atomic mass is 10.0. The van der Waals surface area contributed by atoms with E-state index < -0.39 is 5.97 Å². The summed E-state index contributed by atoms with van der Waals surface area (Å²) < 4.78 is 0. The third kappa shape index (κ3) is 2.66. The van der Waals surface area contributed by atoms with Crippen molar-refractivity contribution in [3.05, 3.63) is 11.1 Å². The Labute approximate surface area is 100 Å². The summed E-state index contributed by atoms with van der Waals surface area (Å²) in [5.41, 5.74) is 1.93. The van der Waals surface area contributed by atoms with Crippen LogP contribution in [0.5, 0.6) is 0 Å². The fourth-order valence-corrected chi connectivity index (χ4v) is 2.31. The topological polar surface area (TPSA) is 78.4 Å². The van der Waals surface area contributed by atoms with Crippen molar-refractivity contribution in [1.82, 2.24) is 10.6 Å². The Morgan fingerprint density at radius 3 is 2.53 bits per heavy atom. The molecule has 0 radical (unpaired) electrons. The van der Waals surface area contributed by atoms with Crippen molar-refractivity contribution in [2.24, 2.45) is 5.92 Å². The van der Waals surface area contributed by atoms with E-state index in [1.54, 1.807) is 0 Å². The van der Waals surface area contributed by atoms with Crippen molar-refractivity contribution in [1.29, 1.82) is 0 Å². The van der Waals surface area contributed by atoms with E-state index in [4.69, 9.17) is 5.11 Å². The van der Waals surface area contributed by atoms with E-state index in [9.17, 15) is 9.59 Å². The molecule has 94 valence electrons. The van der Waals surface area contributed by atoms with Crippen molar-refractivity contribution >= 4 is 11.9 Å². The highest BCUT2D eigenvalue weighted by Crippen LogP contribution is 2.26. The number of carboxylic acid groups (broad SMARTS) is 1. The molecule has 1 aliphatic carbocycles. The molecule has 0 spiro atoms. The molecule has 2 fully saturated rings. The Balaban J connectivity index is 1.86. The van der Waals surface area contributed by atoms with E-state index in [0.29, 0.717) is 12.8 Å². The molecule has 1 saturated heterocycles. The molecule has 0 unspecified atom stereocenters. The molecule has 0 bridgehead atoms. The number of carbonyl (C=O) groups excluding carboxylic acids is 1. The number of amides is 1. The van der Waals surface area contributed by atoms with E-state index in [1.165, 1.54) is 0 Å². The molecule has 5 nitrogen and oxygen atoms in total. The summed E-state index contributed by atoms with van der Waals surface area (Å²) in [4.78, 5) is 22.7. The maximum absolute atomic E-state index is 11.9. The van der Waals surface area contributed by atoms with Gasteiger partial charge in [-0.25, -0.2) is 0 Å². The van der Waals surface area contributed by atoms with Crippen LogP contribution in [0.1, 0.15) is 26.2 Å². The molecular formula is C12H18N2O3. The predicted octanol–water partition coefficient (Wildman–Crippen LogP) is 0.276. The minimum absolute atomic E-state index is 0.0205. The monoisotopic (exact) mass is 238 g/mol. The lowest BCUT2D eigenvalue weighted by Gasteiger charge is -2.22. The first-order valence-corrected chi connectivity index (χ1v) is 6.01. The minimum Gasteiger partial charge on any atom is -0.481 e. The summed E-state index contributed by atoms with van der Waals surface area (Å²) in [5.74, 6) is -1.09. The first-order valence-electron chi connectivity index (χ1n) is 6.01. The van der Waals surface area contributed by atoms with Gasteiger partial charge >= 0.3 is 5.97 Å². The molecule has 0 aromatic rings. The van der Waals surface area contributed by atoms with Gasteiger partial charge in [-0.15, -0.1) is 0 Å². The number of carboxylic acids is 1. The summed E-state index contributed by atoms with van der Waals surface area (Å²) in [6.45, 7) is 3.42. The molecular weight excluding hydrogens is 220 g/mol. The van der Waals surface area contributed by atoms with Gasteiger partial charge in [-0.2, -0.15) is 0 Å². The van der Waals surface area contributed by atoms with Gasteiger partial charge in [0.05, 0.1) is 5.92 Å². The SMILES string of the molecule is CC(C(=O)N[C@H]1CC[C@@H](C(=O)O)C1)=C1CNC1. The lowest BCUT2D eigenvalue weighted by molar-refractivity contribution is -0.141. The molecule has 1 amide bonds. The predicted molar refractivity (Wildman–Crippen MR) is 62.5 cm³/mol. The smallest absolute Gasteiger partial charge is 0.306 e. The zero-order valence-corrected chi connectivity index (χ0v) is 9.95. The maximum atomic E-state index is 11.9. The highest BCUT2D eigenvalue weighted by atomic mass is 16.4. The first-order chi connectivity index (χ1) is 8.08. The van der Waals surface area contributed by atoms with Gasteiger partial charge in [-0.05, 0) is 31.8 Å². The zero-order valence-electron chi connectivity index (χ0n) is 9.95. The average molecular weight is 238 g/mol. The maximum Gasteiger partial charge on any atom is 0.306 e. The quantitative estimate of drug-likeness (QED) is 0.617. The van der Waals surface area contributed by atoms with Gasteiger partial charge in [-0.3, -0.25) is 9.59 Å². The van der Waals surface area contributed by atoms with E-state index in [2.05, 4.69) is 10.6 Å². The van der Waals surface area contributed by atoms with Crippen LogP contribution < -0.4 is 10.6 Å². The Hall–Kier alpha value is -1.36. The Bertz CT molecular complexity index is 370. The second kappa shape index (κ2) is 4.87. The summed E-state index contributed by atoms with van der Waals surface area (Å²) in [5, 5.41) is 14.9. The largest absolute Gasteiger partial charge is 0.481 e. The summed E-state index contributed by atoms with van der Waals surface area (Å²) >= 11 is 0. The van der Waals surface area contributed by atoms with Gasteiger partial charge in [-0.1, -0.05) is 0 Å². The van der Waals surface area contributed by atoms with Crippen LogP contribution in [0.15, 0.2) is 11.1 Å². The number of carbonyl (C=O) groups is 2. The molecule has 1 saturated carbocycles. The fraction of sp³-hybridized carbons (Fsp3) is 0.667. The van der Waals surface area contributed by atoms with Gasteiger partial charge in [0.2, 0.25) is 5.91 Å². The van der Waals surface area contributed by atoms with Crippen LogP contribution in [0.3, 0.4) is 0 Å². The van der Waals surface area contributed by atoms with Crippen LogP contribution in [0.25, 0.3) is 0 Å². The van der Waals surface area contributed by atoms with Crippen molar-refractivity contribution in [3.8, 4) is 0 Å². The van der Waals surface area contributed by atoms with Crippen molar-refractivity contribution < 1.29 is 14.7 Å². The van der Waals surface area contributed by atoms with E-state index in [-0.39, 0.29) is 17.9 Å². The molecule has 17 heavy (non-hydrogen) atoms. The minimum atomic E-state index is -0.750. The molecule has 2 atom stereocenters. The first kappa shape index (κ1) is 12.1. The van der Waals surface area contributed by atoms with Crippen molar-refractivity contribution in [2.45, 2.75) is 32.2 Å². The van der Waals surface area contributed by atoms with Crippen molar-refractivity contribution in [3.63, 3.8) is 0 Å². The van der Waals surface area contributed by atoms with Crippen LogP contribution in [0, 0.1) is 5.92 Å². The van der Waals surface area contributed by atoms with Crippen LogP contribution in [0.2, 0.25) is 0 Å². The normalized spacial score (nSPS) is 27.5. The molecule has 5 heteroatoms. The van der Waals surface area contributed by atoms with E-state index >= 15 is 0 Å². The Kier molecular flexibility index (Phi) is 3.47. The third-order valence-corrected chi connectivity index (χ3v) is 3.66. The number of hydrogen-bond acceptors (Lipinski definition) is 3. The van der Waals surface area contributed by atoms with E-state index in [1.807, 2.05) is 6.92 Å². The second-order valence-electron chi connectivity index (χ2n) is 4.85. The molecule has 3 N–H and O–H groups in total. The molecule has 1 aliphatic heterocycles. The summed E-state index contributed by atoms with van der Waals surface area (Å²) in [7, 11) is 0. The van der Waals surface area contributed by atoms with Crippen LogP contribution >= 0.6 is 0 Å². The van der Waals surface area contributed by atoms with Gasteiger partial charge in [0.15, 0.2) is 0 Å². The fourth-order valence-electron chi connectivity index (χ4n) is 2.31. The summed E-state index contributed by atoms with van der Waals surface area (Å²) in [6, 6.07) is 0.0205. The van der Waals surface area contributed by atoms with Crippen LogP contribution in [0.4, 0.5) is 0 Å². The average Bonchev–Trinajstić information content (AvgIpc) is 2.63. The van der Waals surface area contributed by atoms with Gasteiger partial charge < -0.3 is 15.7 Å². The lowest BCUT2D eigenvalue weighted by Crippen LogP contribution is -2.39. The van der Waals surface area contributed by atoms with Gasteiger partial charge in [0.25, 0.3) is 0 Å².